The lowest BCUT2D eigenvalue weighted by molar-refractivity contribution is -0.120. The van der Waals surface area contributed by atoms with Crippen LogP contribution in [0.1, 0.15) is 32.6 Å². The second kappa shape index (κ2) is 8.53. The van der Waals surface area contributed by atoms with Crippen molar-refractivity contribution in [1.29, 1.82) is 0 Å². The van der Waals surface area contributed by atoms with E-state index < -0.39 is 0 Å². The summed E-state index contributed by atoms with van der Waals surface area (Å²) in [6.45, 7) is 3.42. The maximum absolute atomic E-state index is 10.9. The van der Waals surface area contributed by atoms with E-state index in [9.17, 15) is 4.79 Å². The second-order valence-electron chi connectivity index (χ2n) is 2.94. The summed E-state index contributed by atoms with van der Waals surface area (Å²) in [4.78, 5) is 10.9. The molecule has 0 aromatic carbocycles. The molecule has 3 nitrogen and oxygen atoms in total. The number of nitrogens with one attached hydrogen (secondary N) is 2. The zero-order valence-corrected chi connectivity index (χ0v) is 8.15. The molecule has 3 heteroatoms. The minimum atomic E-state index is 0.0917. The molecule has 0 bridgehead atoms. The summed E-state index contributed by atoms with van der Waals surface area (Å²) in [6, 6.07) is 0. The van der Waals surface area contributed by atoms with Crippen LogP contribution < -0.4 is 10.6 Å². The first kappa shape index (κ1) is 11.4. The quantitative estimate of drug-likeness (QED) is 0.560. The average molecular weight is 172 g/mol. The summed E-state index contributed by atoms with van der Waals surface area (Å²) < 4.78 is 0. The number of likely N-dealkylation sites (N-methyl/N-ethyl adjacent to an activating group) is 1. The molecule has 0 aliphatic carbocycles. The molecule has 0 radical (unpaired) electrons. The molecule has 0 unspecified atom stereocenters. The lowest BCUT2D eigenvalue weighted by atomic mass is 10.2. The van der Waals surface area contributed by atoms with Gasteiger partial charge in [-0.3, -0.25) is 4.79 Å². The molecule has 2 N–H and O–H groups in total. The first-order chi connectivity index (χ1) is 5.81. The standard InChI is InChI=1S/C9H20N2O/c1-3-4-5-6-7-11-9(12)8-10-2/h10H,3-8H2,1-2H3,(H,11,12). The minimum absolute atomic E-state index is 0.0917. The maximum Gasteiger partial charge on any atom is 0.233 e. The van der Waals surface area contributed by atoms with Crippen LogP contribution in [-0.4, -0.2) is 26.0 Å². The SMILES string of the molecule is CCCCCCNC(=O)CNC. The Hall–Kier alpha value is -0.570. The van der Waals surface area contributed by atoms with Gasteiger partial charge in [-0.05, 0) is 13.5 Å². The normalized spacial score (nSPS) is 9.83. The minimum Gasteiger partial charge on any atom is -0.355 e. The number of carbonyl (C=O) groups is 1. The van der Waals surface area contributed by atoms with Crippen LogP contribution in [0.15, 0.2) is 0 Å². The highest BCUT2D eigenvalue weighted by Crippen LogP contribution is 1.96. The van der Waals surface area contributed by atoms with Crippen LogP contribution in [0.25, 0.3) is 0 Å². The molecule has 0 spiro atoms. The first-order valence-electron chi connectivity index (χ1n) is 4.72. The van der Waals surface area contributed by atoms with E-state index in [4.69, 9.17) is 0 Å². The van der Waals surface area contributed by atoms with Gasteiger partial charge >= 0.3 is 0 Å². The molecule has 0 atom stereocenters. The number of amides is 1. The lowest BCUT2D eigenvalue weighted by Crippen LogP contribution is -2.32. The van der Waals surface area contributed by atoms with Gasteiger partial charge in [0.2, 0.25) is 5.91 Å². The van der Waals surface area contributed by atoms with Gasteiger partial charge < -0.3 is 10.6 Å². The largest absolute Gasteiger partial charge is 0.355 e. The predicted molar refractivity (Wildman–Crippen MR) is 51.1 cm³/mol. The monoisotopic (exact) mass is 172 g/mol. The van der Waals surface area contributed by atoms with Crippen molar-refractivity contribution in [3.05, 3.63) is 0 Å². The topological polar surface area (TPSA) is 41.1 Å². The first-order valence-corrected chi connectivity index (χ1v) is 4.72. The van der Waals surface area contributed by atoms with Crippen LogP contribution in [0.3, 0.4) is 0 Å². The number of carbonyl (C=O) groups excluding carboxylic acids is 1. The molecule has 0 fully saturated rings. The van der Waals surface area contributed by atoms with E-state index in [0.29, 0.717) is 6.54 Å². The smallest absolute Gasteiger partial charge is 0.233 e. The Morgan fingerprint density at radius 1 is 1.25 bits per heavy atom. The molecule has 0 heterocycles. The lowest BCUT2D eigenvalue weighted by Gasteiger charge is -2.03. The van der Waals surface area contributed by atoms with Gasteiger partial charge in [-0.15, -0.1) is 0 Å². The number of hydrogen-bond acceptors (Lipinski definition) is 2. The Kier molecular flexibility index (Phi) is 8.12. The van der Waals surface area contributed by atoms with Crippen LogP contribution in [-0.2, 0) is 4.79 Å². The summed E-state index contributed by atoms with van der Waals surface area (Å²) >= 11 is 0. The van der Waals surface area contributed by atoms with Crippen molar-refractivity contribution in [3.8, 4) is 0 Å². The van der Waals surface area contributed by atoms with Gasteiger partial charge in [0.25, 0.3) is 0 Å². The Labute approximate surface area is 74.9 Å². The summed E-state index contributed by atoms with van der Waals surface area (Å²) in [6.07, 6.45) is 4.83. The van der Waals surface area contributed by atoms with E-state index in [1.807, 2.05) is 0 Å². The molecule has 0 aliphatic heterocycles. The third-order valence-corrected chi connectivity index (χ3v) is 1.69. The number of unbranched alkanes of at least 4 members (excludes halogenated alkanes) is 3. The Balaban J connectivity index is 3.03. The van der Waals surface area contributed by atoms with Crippen molar-refractivity contribution in [2.45, 2.75) is 32.6 Å². The van der Waals surface area contributed by atoms with Crippen molar-refractivity contribution in [2.75, 3.05) is 20.1 Å². The fraction of sp³-hybridized carbons (Fsp3) is 0.889. The van der Waals surface area contributed by atoms with Crippen molar-refractivity contribution in [2.24, 2.45) is 0 Å². The summed E-state index contributed by atoms with van der Waals surface area (Å²) in [5.41, 5.74) is 0. The van der Waals surface area contributed by atoms with Gasteiger partial charge in [-0.1, -0.05) is 26.2 Å². The van der Waals surface area contributed by atoms with E-state index in [-0.39, 0.29) is 5.91 Å². The van der Waals surface area contributed by atoms with E-state index in [1.165, 1.54) is 19.3 Å². The summed E-state index contributed by atoms with van der Waals surface area (Å²) in [7, 11) is 1.77. The van der Waals surface area contributed by atoms with Crippen LogP contribution in [0.4, 0.5) is 0 Å². The highest BCUT2D eigenvalue weighted by atomic mass is 16.1. The third kappa shape index (κ3) is 7.54. The van der Waals surface area contributed by atoms with Crippen LogP contribution in [0.5, 0.6) is 0 Å². The molecule has 0 saturated heterocycles. The van der Waals surface area contributed by atoms with Gasteiger partial charge in [-0.2, -0.15) is 0 Å². The van der Waals surface area contributed by atoms with Crippen LogP contribution in [0.2, 0.25) is 0 Å². The van der Waals surface area contributed by atoms with Crippen molar-refractivity contribution >= 4 is 5.91 Å². The van der Waals surface area contributed by atoms with Crippen molar-refractivity contribution in [3.63, 3.8) is 0 Å². The highest BCUT2D eigenvalue weighted by Gasteiger charge is 1.95. The number of hydrogen-bond donors (Lipinski definition) is 2. The average Bonchev–Trinajstić information content (AvgIpc) is 2.05. The van der Waals surface area contributed by atoms with E-state index in [1.54, 1.807) is 7.05 Å². The highest BCUT2D eigenvalue weighted by molar-refractivity contribution is 5.77. The zero-order chi connectivity index (χ0) is 9.23. The van der Waals surface area contributed by atoms with Gasteiger partial charge in [0.05, 0.1) is 6.54 Å². The number of rotatable bonds is 7. The van der Waals surface area contributed by atoms with Gasteiger partial charge in [-0.25, -0.2) is 0 Å². The Bertz CT molecular complexity index is 115. The van der Waals surface area contributed by atoms with E-state index >= 15 is 0 Å². The van der Waals surface area contributed by atoms with Gasteiger partial charge in [0, 0.05) is 6.54 Å². The summed E-state index contributed by atoms with van der Waals surface area (Å²) in [5, 5.41) is 5.65. The molecule has 1 amide bonds. The van der Waals surface area contributed by atoms with E-state index in [2.05, 4.69) is 17.6 Å². The fourth-order valence-electron chi connectivity index (χ4n) is 1.00. The maximum atomic E-state index is 10.9. The molecule has 72 valence electrons. The molecule has 0 aromatic rings. The van der Waals surface area contributed by atoms with Crippen molar-refractivity contribution < 1.29 is 4.79 Å². The van der Waals surface area contributed by atoms with Crippen molar-refractivity contribution in [1.82, 2.24) is 10.6 Å². The molecule has 0 aliphatic rings. The fourth-order valence-corrected chi connectivity index (χ4v) is 1.00. The third-order valence-electron chi connectivity index (χ3n) is 1.69. The molecular formula is C9H20N2O. The van der Waals surface area contributed by atoms with Gasteiger partial charge in [0.1, 0.15) is 0 Å². The molecule has 0 saturated carbocycles. The Morgan fingerprint density at radius 3 is 2.58 bits per heavy atom. The molecule has 12 heavy (non-hydrogen) atoms. The summed E-state index contributed by atoms with van der Waals surface area (Å²) in [5.74, 6) is 0.0917. The van der Waals surface area contributed by atoms with Gasteiger partial charge in [0.15, 0.2) is 0 Å². The molecule has 0 aromatic heterocycles. The second-order valence-corrected chi connectivity index (χ2v) is 2.94. The Morgan fingerprint density at radius 2 is 2.00 bits per heavy atom. The van der Waals surface area contributed by atoms with Crippen LogP contribution in [0, 0.1) is 0 Å². The predicted octanol–water partition coefficient (Wildman–Crippen LogP) is 0.902. The molecule has 0 rings (SSSR count). The molecular weight excluding hydrogens is 152 g/mol. The van der Waals surface area contributed by atoms with Crippen LogP contribution >= 0.6 is 0 Å². The van der Waals surface area contributed by atoms with E-state index in [0.717, 1.165) is 13.0 Å². The zero-order valence-electron chi connectivity index (χ0n) is 8.15.